The van der Waals surface area contributed by atoms with Gasteiger partial charge in [0.25, 0.3) is 8.32 Å². The molecule has 0 bridgehead atoms. The Labute approximate surface area is 296 Å². The normalized spacial score (nSPS) is 19.1. The maximum Gasteiger partial charge on any atom is 0.335 e. The fourth-order valence-corrected chi connectivity index (χ4v) is 11.8. The highest BCUT2D eigenvalue weighted by Crippen LogP contribution is 2.56. The Balaban J connectivity index is 2.02. The van der Waals surface area contributed by atoms with Crippen molar-refractivity contribution in [3.05, 3.63) is 90.5 Å². The molecule has 1 saturated heterocycles. The lowest BCUT2D eigenvalue weighted by molar-refractivity contribution is -0.228. The number of nitrogens with zero attached hydrogens (tertiary/aromatic N) is 1. The van der Waals surface area contributed by atoms with Crippen LogP contribution in [0.15, 0.2) is 84.9 Å². The number of hydrogen-bond donors (Lipinski definition) is 0. The maximum atomic E-state index is 14.7. The van der Waals surface area contributed by atoms with E-state index in [1.807, 2.05) is 60.7 Å². The van der Waals surface area contributed by atoms with Gasteiger partial charge in [-0.15, -0.1) is 0 Å². The molecule has 268 valence electrons. The Bertz CT molecular complexity index is 1580. The molecule has 1 amide bonds. The molecule has 1 aliphatic heterocycles. The van der Waals surface area contributed by atoms with Crippen LogP contribution in [0.1, 0.15) is 54.0 Å². The van der Waals surface area contributed by atoms with Gasteiger partial charge >= 0.3 is 17.9 Å². The average Bonchev–Trinajstić information content (AvgIpc) is 3.10. The monoisotopic (exact) mass is 703 g/mol. The summed E-state index contributed by atoms with van der Waals surface area (Å²) in [5.41, 5.74) is -3.28. The third-order valence-corrected chi connectivity index (χ3v) is 14.6. The minimum atomic E-state index is -3.34. The van der Waals surface area contributed by atoms with Crippen LogP contribution in [-0.4, -0.2) is 76.1 Å². The zero-order valence-electron chi connectivity index (χ0n) is 30.3. The summed E-state index contributed by atoms with van der Waals surface area (Å²) in [4.78, 5) is 58.3. The highest BCUT2D eigenvalue weighted by atomic mass is 28.4. The summed E-state index contributed by atoms with van der Waals surface area (Å²) in [5, 5.41) is 1.39. The van der Waals surface area contributed by atoms with Crippen molar-refractivity contribution in [3.63, 3.8) is 0 Å². The van der Waals surface area contributed by atoms with Crippen LogP contribution in [0.3, 0.4) is 0 Å². The first-order chi connectivity index (χ1) is 23.8. The molecule has 4 rings (SSSR count). The van der Waals surface area contributed by atoms with E-state index in [2.05, 4.69) is 20.8 Å². The molecule has 0 saturated carbocycles. The van der Waals surface area contributed by atoms with Crippen molar-refractivity contribution in [1.82, 2.24) is 4.90 Å². The summed E-state index contributed by atoms with van der Waals surface area (Å²) in [7, 11) is -1.79. The van der Waals surface area contributed by atoms with Crippen LogP contribution in [0.25, 0.3) is 0 Å². The number of carbonyl (C=O) groups excluding carboxylic acids is 4. The van der Waals surface area contributed by atoms with Crippen LogP contribution >= 0.6 is 0 Å². The Morgan fingerprint density at radius 2 is 1.24 bits per heavy atom. The van der Waals surface area contributed by atoms with E-state index < -0.39 is 54.0 Å². The van der Waals surface area contributed by atoms with E-state index in [0.29, 0.717) is 11.3 Å². The number of amides is 1. The lowest BCUT2D eigenvalue weighted by Gasteiger charge is -2.63. The number of likely N-dealkylation sites (tertiary alicyclic amines) is 1. The van der Waals surface area contributed by atoms with Gasteiger partial charge in [0.05, 0.1) is 33.5 Å². The van der Waals surface area contributed by atoms with Crippen LogP contribution in [0.5, 0.6) is 5.75 Å². The summed E-state index contributed by atoms with van der Waals surface area (Å²) in [6.07, 6.45) is 0. The second kappa shape index (κ2) is 15.6. The van der Waals surface area contributed by atoms with Gasteiger partial charge in [0, 0.05) is 6.54 Å². The average molecular weight is 704 g/mol. The molecule has 11 heteroatoms. The third kappa shape index (κ3) is 6.56. The quantitative estimate of drug-likeness (QED) is 0.0733. The van der Waals surface area contributed by atoms with Gasteiger partial charge in [0.15, 0.2) is 11.5 Å². The number of β-lactam (4-membered cyclic amide) rings is 1. The summed E-state index contributed by atoms with van der Waals surface area (Å²) < 4.78 is 29.2. The minimum Gasteiger partial charge on any atom is -0.497 e. The number of ether oxygens (including phenoxy) is 4. The molecule has 3 aromatic carbocycles. The molecule has 50 heavy (non-hydrogen) atoms. The van der Waals surface area contributed by atoms with Gasteiger partial charge in [-0.1, -0.05) is 93.6 Å². The summed E-state index contributed by atoms with van der Waals surface area (Å²) >= 11 is 0. The van der Waals surface area contributed by atoms with Crippen molar-refractivity contribution in [1.29, 1.82) is 0 Å². The molecule has 1 heterocycles. The summed E-state index contributed by atoms with van der Waals surface area (Å²) in [6, 6.07) is 26.8. The molecule has 0 aliphatic carbocycles. The number of rotatable bonds is 15. The predicted octanol–water partition coefficient (Wildman–Crippen LogP) is 4.66. The zero-order chi connectivity index (χ0) is 36.7. The van der Waals surface area contributed by atoms with Crippen LogP contribution in [-0.2, 0) is 44.4 Å². The Hall–Kier alpha value is -4.48. The van der Waals surface area contributed by atoms with Gasteiger partial charge < -0.3 is 28.3 Å². The molecular weight excluding hydrogens is 655 g/mol. The van der Waals surface area contributed by atoms with E-state index in [1.165, 1.54) is 11.8 Å². The molecule has 1 fully saturated rings. The molecule has 1 aliphatic rings. The van der Waals surface area contributed by atoms with E-state index in [9.17, 15) is 19.2 Å². The second-order valence-electron chi connectivity index (χ2n) is 13.4. The van der Waals surface area contributed by atoms with Crippen LogP contribution < -0.4 is 15.1 Å². The lowest BCUT2D eigenvalue weighted by atomic mass is 9.54. The third-order valence-electron chi connectivity index (χ3n) is 9.66. The molecular formula is C39H49NO9Si. The van der Waals surface area contributed by atoms with Crippen molar-refractivity contribution < 1.29 is 42.6 Å². The second-order valence-corrected chi connectivity index (χ2v) is 17.7. The highest BCUT2D eigenvalue weighted by molar-refractivity contribution is 6.99. The van der Waals surface area contributed by atoms with E-state index in [-0.39, 0.29) is 33.0 Å². The fraction of sp³-hybridized carbons (Fsp3) is 0.436. The van der Waals surface area contributed by atoms with Gasteiger partial charge in [0.1, 0.15) is 11.2 Å². The number of carbonyl (C=O) groups is 4. The van der Waals surface area contributed by atoms with Gasteiger partial charge in [-0.25, -0.2) is 4.79 Å². The number of methoxy groups -OCH3 is 1. The first kappa shape index (κ1) is 38.3. The molecule has 1 unspecified atom stereocenters. The predicted molar refractivity (Wildman–Crippen MR) is 191 cm³/mol. The largest absolute Gasteiger partial charge is 0.497 e. The van der Waals surface area contributed by atoms with Crippen molar-refractivity contribution in [3.8, 4) is 5.75 Å². The Kier molecular flexibility index (Phi) is 12.0. The summed E-state index contributed by atoms with van der Waals surface area (Å²) in [5.74, 6) is -4.51. The number of esters is 3. The van der Waals surface area contributed by atoms with Crippen molar-refractivity contribution in [2.75, 3.05) is 33.5 Å². The van der Waals surface area contributed by atoms with Crippen LogP contribution in [0, 0.1) is 11.3 Å². The van der Waals surface area contributed by atoms with E-state index >= 15 is 0 Å². The van der Waals surface area contributed by atoms with E-state index in [0.717, 1.165) is 10.4 Å². The molecule has 3 aromatic rings. The lowest BCUT2D eigenvalue weighted by Crippen LogP contribution is -2.85. The molecule has 0 N–H and O–H groups in total. The molecule has 10 nitrogen and oxygen atoms in total. The van der Waals surface area contributed by atoms with Crippen molar-refractivity contribution in [2.24, 2.45) is 11.3 Å². The van der Waals surface area contributed by atoms with Crippen LogP contribution in [0.2, 0.25) is 5.04 Å². The van der Waals surface area contributed by atoms with Crippen LogP contribution in [0.4, 0.5) is 0 Å². The van der Waals surface area contributed by atoms with E-state index in [1.54, 1.807) is 52.1 Å². The van der Waals surface area contributed by atoms with Gasteiger partial charge in [-0.05, 0) is 60.8 Å². The fourth-order valence-electron chi connectivity index (χ4n) is 7.19. The standard InChI is InChI=1S/C39H49NO9Si/c1-9-46-33(41)32(34(42)47-10-2)38(7)35(43)40(26-28-22-24-29(45-8)25-23-28)39(38,36(44)48-11-3)27-49-50(37(4,5)6,30-18-14-12-15-19-30)31-20-16-13-17-21-31/h12-25,32H,9-11,26-27H2,1-8H3/t38?,39-/m1/s1. The van der Waals surface area contributed by atoms with Gasteiger partial charge in [-0.3, -0.25) is 14.4 Å². The topological polar surface area (TPSA) is 118 Å². The SMILES string of the molecule is CCOC(=O)C(C(=O)OCC)C1(C)C(=O)N(Cc2ccc(OC)cc2)[C@]1(CO[Si](c1ccccc1)(c1ccccc1)C(C)(C)C)C(=O)OCC. The minimum absolute atomic E-state index is 0.0239. The molecule has 2 atom stereocenters. The van der Waals surface area contributed by atoms with Crippen molar-refractivity contribution in [2.45, 2.75) is 65.6 Å². The van der Waals surface area contributed by atoms with Gasteiger partial charge in [-0.2, -0.15) is 0 Å². The van der Waals surface area contributed by atoms with E-state index in [4.69, 9.17) is 23.4 Å². The maximum absolute atomic E-state index is 14.7. The number of benzene rings is 3. The Morgan fingerprint density at radius 3 is 1.66 bits per heavy atom. The van der Waals surface area contributed by atoms with Crippen molar-refractivity contribution >= 4 is 42.5 Å². The molecule has 0 radical (unpaired) electrons. The molecule has 0 aromatic heterocycles. The highest BCUT2D eigenvalue weighted by Gasteiger charge is 2.79. The van der Waals surface area contributed by atoms with Gasteiger partial charge in [0.2, 0.25) is 5.91 Å². The zero-order valence-corrected chi connectivity index (χ0v) is 31.3. The Morgan fingerprint density at radius 1 is 0.760 bits per heavy atom. The smallest absolute Gasteiger partial charge is 0.335 e. The first-order valence-electron chi connectivity index (χ1n) is 17.0. The summed E-state index contributed by atoms with van der Waals surface area (Å²) in [6.45, 7) is 12.0. The molecule has 0 spiro atoms. The number of hydrogen-bond acceptors (Lipinski definition) is 9. The first-order valence-corrected chi connectivity index (χ1v) is 18.9.